The lowest BCUT2D eigenvalue weighted by Gasteiger charge is -2.18. The Kier molecular flexibility index (Phi) is 6.26. The summed E-state index contributed by atoms with van der Waals surface area (Å²) in [4.78, 5) is 7.86. The molecule has 0 radical (unpaired) electrons. The summed E-state index contributed by atoms with van der Waals surface area (Å²) >= 11 is 0. The van der Waals surface area contributed by atoms with Gasteiger partial charge in [-0.1, -0.05) is 32.8 Å². The van der Waals surface area contributed by atoms with Crippen molar-refractivity contribution in [2.75, 3.05) is 17.7 Å². The number of aliphatic imine (C=N–C) groups is 1. The van der Waals surface area contributed by atoms with Gasteiger partial charge in [0.1, 0.15) is 6.17 Å². The molecule has 1 aliphatic heterocycles. The third-order valence-corrected chi connectivity index (χ3v) is 3.77. The number of anilines is 2. The SMILES string of the molecule is CCCC.CNc1cc(-c2ccc3c(c2)C(N)N=CN3)cnc1F. The maximum atomic E-state index is 13.4. The van der Waals surface area contributed by atoms with E-state index in [0.717, 1.165) is 22.4 Å². The smallest absolute Gasteiger partial charge is 0.236 e. The first kappa shape index (κ1) is 17.9. The predicted molar refractivity (Wildman–Crippen MR) is 98.8 cm³/mol. The van der Waals surface area contributed by atoms with E-state index in [0.29, 0.717) is 5.69 Å². The van der Waals surface area contributed by atoms with Crippen LogP contribution in [0.2, 0.25) is 0 Å². The van der Waals surface area contributed by atoms with Gasteiger partial charge in [-0.3, -0.25) is 4.99 Å². The highest BCUT2D eigenvalue weighted by Gasteiger charge is 2.15. The third kappa shape index (κ3) is 4.08. The fourth-order valence-corrected chi connectivity index (χ4v) is 2.17. The summed E-state index contributed by atoms with van der Waals surface area (Å²) in [5.41, 5.74) is 9.88. The van der Waals surface area contributed by atoms with E-state index in [4.69, 9.17) is 5.73 Å². The number of rotatable bonds is 3. The van der Waals surface area contributed by atoms with Gasteiger partial charge in [-0.2, -0.15) is 4.39 Å². The van der Waals surface area contributed by atoms with Crippen LogP contribution in [-0.2, 0) is 0 Å². The van der Waals surface area contributed by atoms with E-state index in [1.54, 1.807) is 19.5 Å². The number of nitrogens with zero attached hydrogens (tertiary/aromatic N) is 2. The number of pyridine rings is 1. The monoisotopic (exact) mass is 329 g/mol. The maximum absolute atomic E-state index is 13.4. The van der Waals surface area contributed by atoms with Gasteiger partial charge in [0.05, 0.1) is 12.0 Å². The minimum Gasteiger partial charge on any atom is -0.384 e. The van der Waals surface area contributed by atoms with Crippen molar-refractivity contribution in [3.05, 3.63) is 42.0 Å². The minimum absolute atomic E-state index is 0.362. The second-order valence-electron chi connectivity index (χ2n) is 5.48. The van der Waals surface area contributed by atoms with Gasteiger partial charge < -0.3 is 16.4 Å². The first-order chi connectivity index (χ1) is 11.6. The van der Waals surface area contributed by atoms with Gasteiger partial charge >= 0.3 is 0 Å². The Labute approximate surface area is 142 Å². The van der Waals surface area contributed by atoms with Crippen molar-refractivity contribution in [2.24, 2.45) is 10.7 Å². The largest absolute Gasteiger partial charge is 0.384 e. The molecule has 1 aromatic heterocycles. The van der Waals surface area contributed by atoms with Crippen molar-refractivity contribution in [2.45, 2.75) is 32.9 Å². The van der Waals surface area contributed by atoms with Gasteiger partial charge in [-0.05, 0) is 23.8 Å². The molecule has 6 heteroatoms. The van der Waals surface area contributed by atoms with Crippen LogP contribution in [0.25, 0.3) is 11.1 Å². The fourth-order valence-electron chi connectivity index (χ4n) is 2.17. The van der Waals surface area contributed by atoms with Gasteiger partial charge in [0.25, 0.3) is 0 Å². The molecular weight excluding hydrogens is 305 g/mol. The average Bonchev–Trinajstić information content (AvgIpc) is 2.62. The molecular formula is C18H24FN5. The zero-order chi connectivity index (χ0) is 17.5. The van der Waals surface area contributed by atoms with Crippen LogP contribution in [0.5, 0.6) is 0 Å². The molecule has 1 aliphatic rings. The van der Waals surface area contributed by atoms with E-state index in [1.807, 2.05) is 18.2 Å². The number of nitrogens with two attached hydrogens (primary N) is 1. The van der Waals surface area contributed by atoms with Crippen LogP contribution in [0.4, 0.5) is 15.8 Å². The van der Waals surface area contributed by atoms with Crippen LogP contribution < -0.4 is 16.4 Å². The number of hydrogen-bond donors (Lipinski definition) is 3. The summed E-state index contributed by atoms with van der Waals surface area (Å²) in [5.74, 6) is -0.517. The normalized spacial score (nSPS) is 15.0. The molecule has 0 aliphatic carbocycles. The Morgan fingerprint density at radius 3 is 2.62 bits per heavy atom. The van der Waals surface area contributed by atoms with Crippen molar-refractivity contribution in [3.63, 3.8) is 0 Å². The van der Waals surface area contributed by atoms with Gasteiger partial charge in [0.15, 0.2) is 0 Å². The summed E-state index contributed by atoms with van der Waals surface area (Å²) in [6, 6.07) is 7.52. The van der Waals surface area contributed by atoms with Gasteiger partial charge in [0.2, 0.25) is 5.95 Å². The molecule has 1 aromatic carbocycles. The Bertz CT molecular complexity index is 713. The van der Waals surface area contributed by atoms with E-state index < -0.39 is 5.95 Å². The van der Waals surface area contributed by atoms with Gasteiger partial charge in [0, 0.05) is 30.1 Å². The van der Waals surface area contributed by atoms with Crippen LogP contribution in [0.1, 0.15) is 38.4 Å². The first-order valence-corrected chi connectivity index (χ1v) is 8.12. The highest BCUT2D eigenvalue weighted by molar-refractivity contribution is 5.82. The summed E-state index contributed by atoms with van der Waals surface area (Å²) < 4.78 is 13.4. The zero-order valence-electron chi connectivity index (χ0n) is 14.3. The van der Waals surface area contributed by atoms with Crippen LogP contribution in [0.15, 0.2) is 35.5 Å². The molecule has 0 bridgehead atoms. The molecule has 1 unspecified atom stereocenters. The second kappa shape index (κ2) is 8.40. The lowest BCUT2D eigenvalue weighted by Crippen LogP contribution is -2.16. The molecule has 0 saturated carbocycles. The number of hydrogen-bond acceptors (Lipinski definition) is 5. The Balaban J connectivity index is 0.000000471. The van der Waals surface area contributed by atoms with E-state index in [-0.39, 0.29) is 6.17 Å². The molecule has 0 saturated heterocycles. The van der Waals surface area contributed by atoms with Crippen LogP contribution in [-0.4, -0.2) is 18.4 Å². The van der Waals surface area contributed by atoms with Crippen LogP contribution in [0.3, 0.4) is 0 Å². The van der Waals surface area contributed by atoms with Crippen molar-refractivity contribution in [1.82, 2.24) is 4.98 Å². The molecule has 0 amide bonds. The number of aromatic nitrogens is 1. The van der Waals surface area contributed by atoms with E-state index in [2.05, 4.69) is 34.5 Å². The highest BCUT2D eigenvalue weighted by atomic mass is 19.1. The number of benzene rings is 1. The minimum atomic E-state index is -0.517. The summed E-state index contributed by atoms with van der Waals surface area (Å²) in [7, 11) is 1.66. The Hall–Kier alpha value is -2.47. The Morgan fingerprint density at radius 2 is 1.96 bits per heavy atom. The molecule has 1 atom stereocenters. The fraction of sp³-hybridized carbons (Fsp3) is 0.333. The summed E-state index contributed by atoms with van der Waals surface area (Å²) in [6.07, 6.45) is 5.34. The molecule has 128 valence electrons. The quantitative estimate of drug-likeness (QED) is 0.740. The summed E-state index contributed by atoms with van der Waals surface area (Å²) in [5, 5.41) is 5.82. The molecule has 3 rings (SSSR count). The van der Waals surface area contributed by atoms with Gasteiger partial charge in [-0.15, -0.1) is 0 Å². The molecule has 0 spiro atoms. The standard InChI is InChI=1S/C14H14FN5.C4H10/c1-17-12-5-9(6-18-13(12)15)8-2-3-11-10(4-8)14(16)20-7-19-11;1-3-4-2/h2-7,14,17H,16H2,1H3,(H,19,20);3-4H2,1-2H3. The highest BCUT2D eigenvalue weighted by Crippen LogP contribution is 2.31. The number of nitrogens with one attached hydrogen (secondary N) is 2. The summed E-state index contributed by atoms with van der Waals surface area (Å²) in [6.45, 7) is 4.36. The topological polar surface area (TPSA) is 75.3 Å². The first-order valence-electron chi connectivity index (χ1n) is 8.12. The molecule has 5 nitrogen and oxygen atoms in total. The lowest BCUT2D eigenvalue weighted by molar-refractivity contribution is 0.588. The van der Waals surface area contributed by atoms with Crippen molar-refractivity contribution < 1.29 is 4.39 Å². The maximum Gasteiger partial charge on any atom is 0.236 e. The molecule has 4 N–H and O–H groups in total. The Morgan fingerprint density at radius 1 is 1.21 bits per heavy atom. The van der Waals surface area contributed by atoms with Crippen molar-refractivity contribution in [1.29, 1.82) is 0 Å². The van der Waals surface area contributed by atoms with Crippen molar-refractivity contribution >= 4 is 17.7 Å². The third-order valence-electron chi connectivity index (χ3n) is 3.77. The second-order valence-corrected chi connectivity index (χ2v) is 5.48. The van der Waals surface area contributed by atoms with E-state index in [1.165, 1.54) is 19.0 Å². The van der Waals surface area contributed by atoms with Crippen LogP contribution in [0, 0.1) is 5.95 Å². The molecule has 0 fully saturated rings. The van der Waals surface area contributed by atoms with E-state index in [9.17, 15) is 4.39 Å². The molecule has 2 heterocycles. The number of fused-ring (bicyclic) bond motifs is 1. The molecule has 2 aromatic rings. The average molecular weight is 329 g/mol. The van der Waals surface area contributed by atoms with E-state index >= 15 is 0 Å². The van der Waals surface area contributed by atoms with Gasteiger partial charge in [-0.25, -0.2) is 4.98 Å². The molecule has 24 heavy (non-hydrogen) atoms. The van der Waals surface area contributed by atoms with Crippen molar-refractivity contribution in [3.8, 4) is 11.1 Å². The number of halogens is 1. The zero-order valence-corrected chi connectivity index (χ0v) is 14.3. The number of unbranched alkanes of at least 4 members (excludes halogenated alkanes) is 1. The predicted octanol–water partition coefficient (Wildman–Crippen LogP) is 4.15. The van der Waals surface area contributed by atoms with Crippen LogP contribution >= 0.6 is 0 Å². The lowest BCUT2D eigenvalue weighted by atomic mass is 10.0.